The van der Waals surface area contributed by atoms with Crippen molar-refractivity contribution in [3.63, 3.8) is 0 Å². The molecule has 2 nitrogen and oxygen atoms in total. The van der Waals surface area contributed by atoms with Crippen LogP contribution in [0.2, 0.25) is 0 Å². The lowest BCUT2D eigenvalue weighted by atomic mass is 9.77. The first kappa shape index (κ1) is 16.5. The molecular formula is C19H31NO. The quantitative estimate of drug-likeness (QED) is 0.723. The molecule has 2 heteroatoms. The normalized spacial score (nSPS) is 22.8. The van der Waals surface area contributed by atoms with Gasteiger partial charge in [0.2, 0.25) is 0 Å². The largest absolute Gasteiger partial charge is 0.378 e. The summed E-state index contributed by atoms with van der Waals surface area (Å²) in [6.45, 7) is 5.19. The maximum absolute atomic E-state index is 5.66. The molecule has 0 radical (unpaired) electrons. The van der Waals surface area contributed by atoms with Gasteiger partial charge in [-0.3, -0.25) is 0 Å². The van der Waals surface area contributed by atoms with Gasteiger partial charge in [-0.25, -0.2) is 0 Å². The number of nitrogens with one attached hydrogen (secondary N) is 1. The summed E-state index contributed by atoms with van der Waals surface area (Å²) in [7, 11) is 2.08. The Morgan fingerprint density at radius 2 is 1.90 bits per heavy atom. The zero-order valence-electron chi connectivity index (χ0n) is 13.9. The zero-order valence-corrected chi connectivity index (χ0v) is 13.9. The predicted octanol–water partition coefficient (Wildman–Crippen LogP) is 4.49. The average molecular weight is 289 g/mol. The van der Waals surface area contributed by atoms with Crippen LogP contribution in [0.25, 0.3) is 0 Å². The van der Waals surface area contributed by atoms with Gasteiger partial charge in [0.15, 0.2) is 0 Å². The van der Waals surface area contributed by atoms with Crippen LogP contribution in [0, 0.1) is 5.92 Å². The van der Waals surface area contributed by atoms with Crippen LogP contribution in [0.1, 0.15) is 63.1 Å². The van der Waals surface area contributed by atoms with Crippen LogP contribution < -0.4 is 5.32 Å². The highest BCUT2D eigenvalue weighted by Crippen LogP contribution is 2.36. The van der Waals surface area contributed by atoms with Gasteiger partial charge in [-0.15, -0.1) is 0 Å². The molecule has 2 rings (SSSR count). The molecule has 1 saturated carbocycles. The van der Waals surface area contributed by atoms with Crippen molar-refractivity contribution in [3.05, 3.63) is 35.4 Å². The Bertz CT molecular complexity index is 395. The molecule has 0 bridgehead atoms. The molecule has 1 aromatic rings. The van der Waals surface area contributed by atoms with Gasteiger partial charge in [-0.1, -0.05) is 37.6 Å². The van der Waals surface area contributed by atoms with Crippen molar-refractivity contribution in [2.75, 3.05) is 13.7 Å². The molecule has 1 fully saturated rings. The number of rotatable bonds is 9. The summed E-state index contributed by atoms with van der Waals surface area (Å²) in [6, 6.07) is 9.71. The van der Waals surface area contributed by atoms with E-state index < -0.39 is 0 Å². The highest BCUT2D eigenvalue weighted by atomic mass is 16.5. The van der Waals surface area contributed by atoms with Crippen LogP contribution in [0.15, 0.2) is 24.3 Å². The maximum atomic E-state index is 5.66. The Hall–Kier alpha value is -0.860. The van der Waals surface area contributed by atoms with Gasteiger partial charge in [0, 0.05) is 12.6 Å². The van der Waals surface area contributed by atoms with Crippen LogP contribution in [0.5, 0.6) is 0 Å². The van der Waals surface area contributed by atoms with Gasteiger partial charge in [0.25, 0.3) is 0 Å². The van der Waals surface area contributed by atoms with Gasteiger partial charge in [-0.05, 0) is 63.1 Å². The van der Waals surface area contributed by atoms with E-state index >= 15 is 0 Å². The van der Waals surface area contributed by atoms with Crippen molar-refractivity contribution < 1.29 is 4.74 Å². The summed E-state index contributed by atoms with van der Waals surface area (Å²) in [5.74, 6) is 0.818. The Balaban J connectivity index is 1.83. The standard InChI is InChI=1S/C19H31NO/c1-4-6-7-15-8-10-17(11-9-15)19(20-3)14-16-12-18(13-16)21-5-2/h8-11,16,18-20H,4-7,12-14H2,1-3H3. The molecular weight excluding hydrogens is 258 g/mol. The van der Waals surface area contributed by atoms with Gasteiger partial charge < -0.3 is 10.1 Å². The molecule has 1 aliphatic rings. The Labute approximate surface area is 130 Å². The lowest BCUT2D eigenvalue weighted by Gasteiger charge is -2.37. The summed E-state index contributed by atoms with van der Waals surface area (Å²) in [5, 5.41) is 3.49. The summed E-state index contributed by atoms with van der Waals surface area (Å²) in [4.78, 5) is 0. The van der Waals surface area contributed by atoms with Crippen LogP contribution in [0.4, 0.5) is 0 Å². The van der Waals surface area contributed by atoms with Crippen molar-refractivity contribution in [2.45, 2.75) is 64.5 Å². The van der Waals surface area contributed by atoms with Gasteiger partial charge >= 0.3 is 0 Å². The average Bonchev–Trinajstić information content (AvgIpc) is 2.48. The summed E-state index contributed by atoms with van der Waals surface area (Å²) in [6.07, 6.45) is 7.99. The number of ether oxygens (including phenoxy) is 1. The van der Waals surface area contributed by atoms with Crippen LogP contribution in [-0.2, 0) is 11.2 Å². The first-order chi connectivity index (χ1) is 10.3. The number of benzene rings is 1. The van der Waals surface area contributed by atoms with Crippen molar-refractivity contribution in [2.24, 2.45) is 5.92 Å². The van der Waals surface area contributed by atoms with Crippen molar-refractivity contribution >= 4 is 0 Å². The fraction of sp³-hybridized carbons (Fsp3) is 0.684. The molecule has 0 amide bonds. The highest BCUT2D eigenvalue weighted by molar-refractivity contribution is 5.25. The smallest absolute Gasteiger partial charge is 0.0580 e. The summed E-state index contributed by atoms with van der Waals surface area (Å²) in [5.41, 5.74) is 2.90. The molecule has 1 aromatic carbocycles. The van der Waals surface area contributed by atoms with Gasteiger partial charge in [-0.2, -0.15) is 0 Å². The molecule has 1 unspecified atom stereocenters. The minimum Gasteiger partial charge on any atom is -0.378 e. The van der Waals surface area contributed by atoms with E-state index in [-0.39, 0.29) is 0 Å². The van der Waals surface area contributed by atoms with E-state index in [1.165, 1.54) is 49.7 Å². The van der Waals surface area contributed by atoms with Crippen molar-refractivity contribution in [1.29, 1.82) is 0 Å². The Morgan fingerprint density at radius 3 is 2.48 bits per heavy atom. The van der Waals surface area contributed by atoms with E-state index in [4.69, 9.17) is 4.74 Å². The van der Waals surface area contributed by atoms with Crippen LogP contribution >= 0.6 is 0 Å². The number of aryl methyl sites for hydroxylation is 1. The second-order valence-corrected chi connectivity index (χ2v) is 6.34. The van der Waals surface area contributed by atoms with Crippen LogP contribution in [0.3, 0.4) is 0 Å². The predicted molar refractivity (Wildman–Crippen MR) is 89.6 cm³/mol. The monoisotopic (exact) mass is 289 g/mol. The lowest BCUT2D eigenvalue weighted by Crippen LogP contribution is -2.34. The topological polar surface area (TPSA) is 21.3 Å². The second-order valence-electron chi connectivity index (χ2n) is 6.34. The van der Waals surface area contributed by atoms with Crippen LogP contribution in [-0.4, -0.2) is 19.8 Å². The van der Waals surface area contributed by atoms with E-state index in [2.05, 4.69) is 50.5 Å². The third kappa shape index (κ3) is 4.82. The Morgan fingerprint density at radius 1 is 1.19 bits per heavy atom. The first-order valence-corrected chi connectivity index (χ1v) is 8.64. The molecule has 1 N–H and O–H groups in total. The third-order valence-electron chi connectivity index (χ3n) is 4.71. The van der Waals surface area contributed by atoms with E-state index in [1.807, 2.05) is 0 Å². The Kier molecular flexibility index (Phi) is 6.72. The van der Waals surface area contributed by atoms with Crippen molar-refractivity contribution in [1.82, 2.24) is 5.32 Å². The minimum absolute atomic E-state index is 0.484. The number of hydrogen-bond donors (Lipinski definition) is 1. The molecule has 118 valence electrons. The van der Waals surface area contributed by atoms with E-state index in [0.717, 1.165) is 12.5 Å². The molecule has 0 spiro atoms. The van der Waals surface area contributed by atoms with Gasteiger partial charge in [0.1, 0.15) is 0 Å². The molecule has 1 atom stereocenters. The highest BCUT2D eigenvalue weighted by Gasteiger charge is 2.31. The fourth-order valence-electron chi connectivity index (χ4n) is 3.29. The lowest BCUT2D eigenvalue weighted by molar-refractivity contribution is -0.0289. The van der Waals surface area contributed by atoms with E-state index in [9.17, 15) is 0 Å². The molecule has 1 aliphatic carbocycles. The van der Waals surface area contributed by atoms with Crippen molar-refractivity contribution in [3.8, 4) is 0 Å². The molecule has 0 saturated heterocycles. The third-order valence-corrected chi connectivity index (χ3v) is 4.71. The number of unbranched alkanes of at least 4 members (excludes halogenated alkanes) is 1. The first-order valence-electron chi connectivity index (χ1n) is 8.64. The molecule has 0 heterocycles. The fourth-order valence-corrected chi connectivity index (χ4v) is 3.29. The van der Waals surface area contributed by atoms with E-state index in [0.29, 0.717) is 12.1 Å². The molecule has 0 aliphatic heterocycles. The maximum Gasteiger partial charge on any atom is 0.0580 e. The SMILES string of the molecule is CCCCc1ccc(C(CC2CC(OCC)C2)NC)cc1. The number of hydrogen-bond acceptors (Lipinski definition) is 2. The molecule has 0 aromatic heterocycles. The van der Waals surface area contributed by atoms with Gasteiger partial charge in [0.05, 0.1) is 6.10 Å². The minimum atomic E-state index is 0.484. The zero-order chi connectivity index (χ0) is 15.1. The second kappa shape index (κ2) is 8.55. The summed E-state index contributed by atoms with van der Waals surface area (Å²) >= 11 is 0. The van der Waals surface area contributed by atoms with E-state index in [1.54, 1.807) is 0 Å². The summed E-state index contributed by atoms with van der Waals surface area (Å²) < 4.78 is 5.66. The molecule has 21 heavy (non-hydrogen) atoms.